The first-order chi connectivity index (χ1) is 14.8. The Kier molecular flexibility index (Phi) is 7.19. The number of rotatable bonds is 9. The van der Waals surface area contributed by atoms with Gasteiger partial charge in [-0.05, 0) is 74.6 Å². The summed E-state index contributed by atoms with van der Waals surface area (Å²) in [6.07, 6.45) is 10.8. The monoisotopic (exact) mass is 407 g/mol. The zero-order valence-corrected chi connectivity index (χ0v) is 17.8. The molecule has 3 aromatic rings. The molecule has 1 aromatic heterocycles. The maximum Gasteiger partial charge on any atom is 0.123 e. The van der Waals surface area contributed by atoms with E-state index in [1.165, 1.54) is 54.6 Å². The van der Waals surface area contributed by atoms with Gasteiger partial charge in [0.2, 0.25) is 0 Å². The Morgan fingerprint density at radius 2 is 1.87 bits per heavy atom. The highest BCUT2D eigenvalue weighted by Crippen LogP contribution is 2.38. The van der Waals surface area contributed by atoms with Gasteiger partial charge in [-0.3, -0.25) is 0 Å². The molecule has 1 aliphatic carbocycles. The van der Waals surface area contributed by atoms with Gasteiger partial charge in [0.05, 0.1) is 0 Å². The highest BCUT2D eigenvalue weighted by molar-refractivity contribution is 5.85. The van der Waals surface area contributed by atoms with Crippen molar-refractivity contribution >= 4 is 10.9 Å². The maximum absolute atomic E-state index is 14.1. The Morgan fingerprint density at radius 1 is 1.03 bits per heavy atom. The Morgan fingerprint density at radius 3 is 2.67 bits per heavy atom. The molecule has 0 aliphatic heterocycles. The molecule has 0 bridgehead atoms. The Balaban J connectivity index is 1.70. The number of nitrogens with two attached hydrogens (primary N) is 1. The van der Waals surface area contributed by atoms with Gasteiger partial charge in [-0.1, -0.05) is 49.6 Å². The van der Waals surface area contributed by atoms with E-state index in [0.29, 0.717) is 12.6 Å². The van der Waals surface area contributed by atoms with Crippen LogP contribution in [0.4, 0.5) is 4.39 Å². The van der Waals surface area contributed by atoms with Crippen molar-refractivity contribution in [1.82, 2.24) is 9.88 Å². The number of halogens is 1. The fraction of sp³-hybridized carbons (Fsp3) is 0.462. The second kappa shape index (κ2) is 10.2. The van der Waals surface area contributed by atoms with Crippen LogP contribution in [0.1, 0.15) is 68.0 Å². The van der Waals surface area contributed by atoms with Crippen LogP contribution in [0.3, 0.4) is 0 Å². The Labute approximate surface area is 179 Å². The summed E-state index contributed by atoms with van der Waals surface area (Å²) < 4.78 is 16.6. The van der Waals surface area contributed by atoms with Gasteiger partial charge >= 0.3 is 0 Å². The van der Waals surface area contributed by atoms with Crippen LogP contribution in [0.5, 0.6) is 0 Å². The van der Waals surface area contributed by atoms with Crippen LogP contribution in [0, 0.1) is 5.82 Å². The standard InChI is InChI=1S/C26H34FN3/c27-21-9-6-8-20(18-21)23(14-17-29-16-7-15-28)25-19-30(22-10-2-1-3-11-22)26-13-5-4-12-24(25)26/h4-6,8-9,12-13,18-19,22-23,29H,1-3,7,10-11,14-17,28H2. The first kappa shape index (κ1) is 21.1. The van der Waals surface area contributed by atoms with E-state index in [1.807, 2.05) is 6.07 Å². The second-order valence-corrected chi connectivity index (χ2v) is 8.59. The van der Waals surface area contributed by atoms with Crippen LogP contribution in [-0.4, -0.2) is 24.2 Å². The second-order valence-electron chi connectivity index (χ2n) is 8.59. The lowest BCUT2D eigenvalue weighted by atomic mass is 9.88. The Bertz CT molecular complexity index is 942. The first-order valence-corrected chi connectivity index (χ1v) is 11.5. The minimum atomic E-state index is -0.162. The first-order valence-electron chi connectivity index (χ1n) is 11.5. The van der Waals surface area contributed by atoms with Crippen molar-refractivity contribution in [2.75, 3.05) is 19.6 Å². The average molecular weight is 408 g/mol. The zero-order valence-electron chi connectivity index (χ0n) is 17.8. The predicted molar refractivity (Wildman–Crippen MR) is 123 cm³/mol. The molecule has 1 atom stereocenters. The third-order valence-corrected chi connectivity index (χ3v) is 6.53. The van der Waals surface area contributed by atoms with Gasteiger partial charge in [-0.25, -0.2) is 4.39 Å². The van der Waals surface area contributed by atoms with Crippen molar-refractivity contribution in [2.45, 2.75) is 56.9 Å². The van der Waals surface area contributed by atoms with E-state index in [4.69, 9.17) is 5.73 Å². The topological polar surface area (TPSA) is 43.0 Å². The van der Waals surface area contributed by atoms with Gasteiger partial charge in [-0.2, -0.15) is 0 Å². The van der Waals surface area contributed by atoms with Crippen LogP contribution in [0.2, 0.25) is 0 Å². The summed E-state index contributed by atoms with van der Waals surface area (Å²) in [6, 6.07) is 16.5. The summed E-state index contributed by atoms with van der Waals surface area (Å²) in [5.41, 5.74) is 9.32. The van der Waals surface area contributed by atoms with Crippen LogP contribution >= 0.6 is 0 Å². The van der Waals surface area contributed by atoms with Crippen molar-refractivity contribution < 1.29 is 4.39 Å². The molecule has 1 unspecified atom stereocenters. The molecule has 0 radical (unpaired) electrons. The smallest absolute Gasteiger partial charge is 0.123 e. The number of fused-ring (bicyclic) bond motifs is 1. The molecule has 0 amide bonds. The quantitative estimate of drug-likeness (QED) is 0.444. The number of para-hydroxylation sites is 1. The summed E-state index contributed by atoms with van der Waals surface area (Å²) in [4.78, 5) is 0. The molecule has 4 heteroatoms. The molecule has 2 aromatic carbocycles. The highest BCUT2D eigenvalue weighted by atomic mass is 19.1. The molecule has 30 heavy (non-hydrogen) atoms. The largest absolute Gasteiger partial charge is 0.344 e. The van der Waals surface area contributed by atoms with E-state index in [0.717, 1.165) is 31.5 Å². The molecule has 3 nitrogen and oxygen atoms in total. The molecular weight excluding hydrogens is 373 g/mol. The number of nitrogens with one attached hydrogen (secondary N) is 1. The van der Waals surface area contributed by atoms with E-state index >= 15 is 0 Å². The van der Waals surface area contributed by atoms with Crippen molar-refractivity contribution in [3.8, 4) is 0 Å². The summed E-state index contributed by atoms with van der Waals surface area (Å²) >= 11 is 0. The molecule has 160 valence electrons. The molecular formula is C26H34FN3. The van der Waals surface area contributed by atoms with E-state index < -0.39 is 0 Å². The fourth-order valence-electron chi connectivity index (χ4n) is 4.99. The third-order valence-electron chi connectivity index (χ3n) is 6.53. The van der Waals surface area contributed by atoms with Gasteiger partial charge < -0.3 is 15.6 Å². The molecule has 1 aliphatic rings. The number of hydrogen-bond donors (Lipinski definition) is 2. The zero-order chi connectivity index (χ0) is 20.8. The minimum absolute atomic E-state index is 0.162. The van der Waals surface area contributed by atoms with Gasteiger partial charge in [0.1, 0.15) is 5.82 Å². The molecule has 3 N–H and O–H groups in total. The van der Waals surface area contributed by atoms with Crippen molar-refractivity contribution in [3.63, 3.8) is 0 Å². The molecule has 1 fully saturated rings. The summed E-state index contributed by atoms with van der Waals surface area (Å²) in [5.74, 6) is 0.00502. The maximum atomic E-state index is 14.1. The predicted octanol–water partition coefficient (Wildman–Crippen LogP) is 5.75. The molecule has 0 spiro atoms. The Hall–Kier alpha value is -2.17. The third kappa shape index (κ3) is 4.76. The van der Waals surface area contributed by atoms with Crippen LogP contribution in [0.25, 0.3) is 10.9 Å². The van der Waals surface area contributed by atoms with Crippen LogP contribution in [0.15, 0.2) is 54.7 Å². The molecule has 1 saturated carbocycles. The number of benzene rings is 2. The summed E-state index contributed by atoms with van der Waals surface area (Å²) in [5, 5.41) is 4.81. The molecule has 1 heterocycles. The van der Waals surface area contributed by atoms with E-state index in [2.05, 4.69) is 46.4 Å². The van der Waals surface area contributed by atoms with Gasteiger partial charge in [0.15, 0.2) is 0 Å². The number of hydrogen-bond acceptors (Lipinski definition) is 2. The van der Waals surface area contributed by atoms with Gasteiger partial charge in [-0.15, -0.1) is 0 Å². The number of nitrogens with zero attached hydrogens (tertiary/aromatic N) is 1. The number of aromatic nitrogens is 1. The molecule has 0 saturated heterocycles. The lowest BCUT2D eigenvalue weighted by Gasteiger charge is -2.24. The van der Waals surface area contributed by atoms with E-state index in [9.17, 15) is 4.39 Å². The minimum Gasteiger partial charge on any atom is -0.344 e. The van der Waals surface area contributed by atoms with Crippen molar-refractivity contribution in [1.29, 1.82) is 0 Å². The summed E-state index contributed by atoms with van der Waals surface area (Å²) in [7, 11) is 0. The lowest BCUT2D eigenvalue weighted by Crippen LogP contribution is -2.21. The van der Waals surface area contributed by atoms with Crippen LogP contribution < -0.4 is 11.1 Å². The normalized spacial score (nSPS) is 16.2. The van der Waals surface area contributed by atoms with Gasteiger partial charge in [0, 0.05) is 29.1 Å². The highest BCUT2D eigenvalue weighted by Gasteiger charge is 2.23. The van der Waals surface area contributed by atoms with Crippen molar-refractivity contribution in [3.05, 3.63) is 71.7 Å². The van der Waals surface area contributed by atoms with Crippen molar-refractivity contribution in [2.24, 2.45) is 5.73 Å². The van der Waals surface area contributed by atoms with E-state index in [1.54, 1.807) is 6.07 Å². The summed E-state index contributed by atoms with van der Waals surface area (Å²) in [6.45, 7) is 2.52. The molecule has 4 rings (SSSR count). The lowest BCUT2D eigenvalue weighted by molar-refractivity contribution is 0.360. The average Bonchev–Trinajstić information content (AvgIpc) is 3.16. The van der Waals surface area contributed by atoms with Gasteiger partial charge in [0.25, 0.3) is 0 Å². The SMILES string of the molecule is NCCCNCCC(c1cccc(F)c1)c1cn(C2CCCCC2)c2ccccc12. The van der Waals surface area contributed by atoms with E-state index in [-0.39, 0.29) is 11.7 Å². The fourth-order valence-corrected chi connectivity index (χ4v) is 4.99. The van der Waals surface area contributed by atoms with Crippen LogP contribution in [-0.2, 0) is 0 Å².